The van der Waals surface area contributed by atoms with Crippen molar-refractivity contribution in [3.05, 3.63) is 0 Å². The zero-order valence-electron chi connectivity index (χ0n) is 12.9. The normalized spacial score (nSPS) is 26.6. The van der Waals surface area contributed by atoms with E-state index in [1.807, 2.05) is 13.8 Å². The first-order valence-electron chi connectivity index (χ1n) is 8.07. The summed E-state index contributed by atoms with van der Waals surface area (Å²) >= 11 is 0. The van der Waals surface area contributed by atoms with Crippen molar-refractivity contribution in [2.45, 2.75) is 57.7 Å². The van der Waals surface area contributed by atoms with Crippen molar-refractivity contribution < 1.29 is 9.53 Å². The molecule has 5 nitrogen and oxygen atoms in total. The van der Waals surface area contributed by atoms with Crippen LogP contribution in [0.1, 0.15) is 39.5 Å². The number of rotatable bonds is 6. The van der Waals surface area contributed by atoms with Crippen LogP contribution in [-0.2, 0) is 9.53 Å². The van der Waals surface area contributed by atoms with Crippen molar-refractivity contribution in [3.63, 3.8) is 0 Å². The second kappa shape index (κ2) is 7.96. The summed E-state index contributed by atoms with van der Waals surface area (Å²) in [7, 11) is 0. The molecule has 0 saturated carbocycles. The molecule has 0 aliphatic carbocycles. The predicted octanol–water partition coefficient (Wildman–Crippen LogP) is 0.744. The summed E-state index contributed by atoms with van der Waals surface area (Å²) in [6.45, 7) is 8.52. The highest BCUT2D eigenvalue weighted by Crippen LogP contribution is 2.24. The van der Waals surface area contributed by atoms with E-state index >= 15 is 0 Å². The van der Waals surface area contributed by atoms with Crippen LogP contribution in [0.4, 0.5) is 0 Å². The molecule has 0 bridgehead atoms. The van der Waals surface area contributed by atoms with E-state index in [-0.39, 0.29) is 18.0 Å². The first kappa shape index (κ1) is 15.7. The van der Waals surface area contributed by atoms with E-state index in [0.717, 1.165) is 45.3 Å². The van der Waals surface area contributed by atoms with E-state index < -0.39 is 0 Å². The minimum absolute atomic E-state index is 0.0715. The standard InChI is InChI=1S/C15H29N3O2/c1-3-20-11-12(2)17-15(19)14-5-4-10-18(14)13-6-8-16-9-7-13/h12-14,16H,3-11H2,1-2H3,(H,17,19). The Morgan fingerprint density at radius 3 is 2.85 bits per heavy atom. The minimum Gasteiger partial charge on any atom is -0.380 e. The van der Waals surface area contributed by atoms with Crippen molar-refractivity contribution >= 4 is 5.91 Å². The lowest BCUT2D eigenvalue weighted by molar-refractivity contribution is -0.127. The number of hydrogen-bond donors (Lipinski definition) is 2. The highest BCUT2D eigenvalue weighted by molar-refractivity contribution is 5.82. The van der Waals surface area contributed by atoms with Gasteiger partial charge in [-0.3, -0.25) is 9.69 Å². The van der Waals surface area contributed by atoms with E-state index in [1.54, 1.807) is 0 Å². The topological polar surface area (TPSA) is 53.6 Å². The summed E-state index contributed by atoms with van der Waals surface area (Å²) in [6.07, 6.45) is 4.47. The monoisotopic (exact) mass is 283 g/mol. The number of amides is 1. The Labute approximate surface area is 122 Å². The van der Waals surface area contributed by atoms with Crippen molar-refractivity contribution in [2.75, 3.05) is 32.8 Å². The highest BCUT2D eigenvalue weighted by atomic mass is 16.5. The number of piperidine rings is 1. The average molecular weight is 283 g/mol. The highest BCUT2D eigenvalue weighted by Gasteiger charge is 2.35. The molecule has 1 amide bonds. The molecular weight excluding hydrogens is 254 g/mol. The number of carbonyl (C=O) groups excluding carboxylic acids is 1. The largest absolute Gasteiger partial charge is 0.380 e. The first-order valence-corrected chi connectivity index (χ1v) is 8.07. The van der Waals surface area contributed by atoms with Crippen LogP contribution in [0.15, 0.2) is 0 Å². The summed E-state index contributed by atoms with van der Waals surface area (Å²) < 4.78 is 5.37. The molecule has 2 heterocycles. The second-order valence-electron chi connectivity index (χ2n) is 5.95. The molecule has 2 unspecified atom stereocenters. The van der Waals surface area contributed by atoms with Crippen LogP contribution >= 0.6 is 0 Å². The van der Waals surface area contributed by atoms with Crippen molar-refractivity contribution in [3.8, 4) is 0 Å². The molecule has 116 valence electrons. The fraction of sp³-hybridized carbons (Fsp3) is 0.933. The molecular formula is C15H29N3O2. The van der Waals surface area contributed by atoms with Gasteiger partial charge in [0.05, 0.1) is 12.6 Å². The van der Waals surface area contributed by atoms with Gasteiger partial charge in [0, 0.05) is 18.7 Å². The molecule has 5 heteroatoms. The SMILES string of the molecule is CCOCC(C)NC(=O)C1CCCN1C1CCNCC1. The number of likely N-dealkylation sites (tertiary alicyclic amines) is 1. The molecule has 0 radical (unpaired) electrons. The molecule has 2 aliphatic heterocycles. The van der Waals surface area contributed by atoms with Crippen LogP contribution in [-0.4, -0.2) is 61.8 Å². The van der Waals surface area contributed by atoms with Gasteiger partial charge in [-0.15, -0.1) is 0 Å². The van der Waals surface area contributed by atoms with Gasteiger partial charge in [-0.1, -0.05) is 0 Å². The predicted molar refractivity (Wildman–Crippen MR) is 79.7 cm³/mol. The summed E-state index contributed by atoms with van der Waals surface area (Å²) in [5, 5.41) is 6.50. The van der Waals surface area contributed by atoms with E-state index in [9.17, 15) is 4.79 Å². The van der Waals surface area contributed by atoms with Crippen LogP contribution in [0, 0.1) is 0 Å². The van der Waals surface area contributed by atoms with Gasteiger partial charge in [0.15, 0.2) is 0 Å². The van der Waals surface area contributed by atoms with Crippen molar-refractivity contribution in [2.24, 2.45) is 0 Å². The fourth-order valence-electron chi connectivity index (χ4n) is 3.32. The van der Waals surface area contributed by atoms with Gasteiger partial charge in [-0.05, 0) is 59.2 Å². The molecule has 2 rings (SSSR count). The first-order chi connectivity index (χ1) is 9.72. The number of nitrogens with one attached hydrogen (secondary N) is 2. The Balaban J connectivity index is 1.84. The lowest BCUT2D eigenvalue weighted by Crippen LogP contribution is -2.52. The minimum atomic E-state index is 0.0715. The Morgan fingerprint density at radius 2 is 2.15 bits per heavy atom. The van der Waals surface area contributed by atoms with Gasteiger partial charge in [-0.2, -0.15) is 0 Å². The maximum atomic E-state index is 12.4. The third kappa shape index (κ3) is 4.17. The third-order valence-corrected chi connectivity index (χ3v) is 4.34. The van der Waals surface area contributed by atoms with Gasteiger partial charge < -0.3 is 15.4 Å². The van der Waals surface area contributed by atoms with Crippen LogP contribution in [0.2, 0.25) is 0 Å². The Bertz CT molecular complexity index is 305. The summed E-state index contributed by atoms with van der Waals surface area (Å²) in [4.78, 5) is 14.9. The van der Waals surface area contributed by atoms with E-state index in [0.29, 0.717) is 19.3 Å². The number of hydrogen-bond acceptors (Lipinski definition) is 4. The van der Waals surface area contributed by atoms with Gasteiger partial charge in [0.1, 0.15) is 0 Å². The van der Waals surface area contributed by atoms with Crippen LogP contribution in [0.3, 0.4) is 0 Å². The maximum Gasteiger partial charge on any atom is 0.237 e. The molecule has 0 aromatic carbocycles. The summed E-state index contributed by atoms with van der Waals surface area (Å²) in [5.74, 6) is 0.188. The van der Waals surface area contributed by atoms with Crippen LogP contribution in [0.25, 0.3) is 0 Å². The molecule has 2 saturated heterocycles. The zero-order valence-corrected chi connectivity index (χ0v) is 12.9. The molecule has 2 fully saturated rings. The molecule has 2 atom stereocenters. The third-order valence-electron chi connectivity index (χ3n) is 4.34. The molecule has 2 N–H and O–H groups in total. The van der Waals surface area contributed by atoms with Crippen molar-refractivity contribution in [1.29, 1.82) is 0 Å². The van der Waals surface area contributed by atoms with Gasteiger partial charge in [-0.25, -0.2) is 0 Å². The summed E-state index contributed by atoms with van der Waals surface area (Å²) in [5.41, 5.74) is 0. The smallest absolute Gasteiger partial charge is 0.237 e. The summed E-state index contributed by atoms with van der Waals surface area (Å²) in [6, 6.07) is 0.747. The van der Waals surface area contributed by atoms with E-state index in [2.05, 4.69) is 15.5 Å². The van der Waals surface area contributed by atoms with E-state index in [4.69, 9.17) is 4.74 Å². The molecule has 20 heavy (non-hydrogen) atoms. The van der Waals surface area contributed by atoms with Crippen molar-refractivity contribution in [1.82, 2.24) is 15.5 Å². The number of carbonyl (C=O) groups is 1. The lowest BCUT2D eigenvalue weighted by atomic mass is 10.0. The Morgan fingerprint density at radius 1 is 1.40 bits per heavy atom. The van der Waals surface area contributed by atoms with E-state index in [1.165, 1.54) is 0 Å². The molecule has 2 aliphatic rings. The molecule has 0 spiro atoms. The van der Waals surface area contributed by atoms with Gasteiger partial charge in [0.25, 0.3) is 0 Å². The van der Waals surface area contributed by atoms with Crippen LogP contribution in [0.5, 0.6) is 0 Å². The van der Waals surface area contributed by atoms with Gasteiger partial charge in [0.2, 0.25) is 5.91 Å². The Hall–Kier alpha value is -0.650. The van der Waals surface area contributed by atoms with Crippen LogP contribution < -0.4 is 10.6 Å². The lowest BCUT2D eigenvalue weighted by Gasteiger charge is -2.35. The maximum absolute atomic E-state index is 12.4. The second-order valence-corrected chi connectivity index (χ2v) is 5.95. The molecule has 0 aromatic rings. The van der Waals surface area contributed by atoms with Gasteiger partial charge >= 0.3 is 0 Å². The number of nitrogens with zero attached hydrogens (tertiary/aromatic N) is 1. The molecule has 0 aromatic heterocycles. The fourth-order valence-corrected chi connectivity index (χ4v) is 3.32. The average Bonchev–Trinajstić information content (AvgIpc) is 2.95. The zero-order chi connectivity index (χ0) is 14.4. The number of ether oxygens (including phenoxy) is 1. The Kier molecular flexibility index (Phi) is 6.26. The quantitative estimate of drug-likeness (QED) is 0.755.